The molecule has 3 N–H and O–H groups in total. The predicted octanol–water partition coefficient (Wildman–Crippen LogP) is 2.66. The highest BCUT2D eigenvalue weighted by Crippen LogP contribution is 2.38. The summed E-state index contributed by atoms with van der Waals surface area (Å²) >= 11 is 0. The van der Waals surface area contributed by atoms with Gasteiger partial charge in [0, 0.05) is 28.6 Å². The summed E-state index contributed by atoms with van der Waals surface area (Å²) in [6.45, 7) is -0.0447. The number of pyridine rings is 1. The zero-order valence-electron chi connectivity index (χ0n) is 17.5. The van der Waals surface area contributed by atoms with Crippen molar-refractivity contribution < 1.29 is 22.1 Å². The molecule has 2 aromatic heterocycles. The number of aromatic nitrogens is 3. The Morgan fingerprint density at radius 1 is 1.15 bits per heavy atom. The van der Waals surface area contributed by atoms with Crippen LogP contribution < -0.4 is 15.6 Å². The largest absolute Gasteiger partial charge is 0.343 e. The third kappa shape index (κ3) is 4.53. The van der Waals surface area contributed by atoms with E-state index in [9.17, 15) is 22.4 Å². The van der Waals surface area contributed by atoms with Crippen LogP contribution >= 0.6 is 0 Å². The molecule has 1 saturated carbocycles. The van der Waals surface area contributed by atoms with Gasteiger partial charge in [-0.25, -0.2) is 12.8 Å². The van der Waals surface area contributed by atoms with Gasteiger partial charge in [0.2, 0.25) is 11.4 Å². The lowest BCUT2D eigenvalue weighted by molar-refractivity contribution is 0.0947. The van der Waals surface area contributed by atoms with Crippen molar-refractivity contribution in [1.29, 1.82) is 0 Å². The average Bonchev–Trinajstić information content (AvgIpc) is 3.55. The number of aromatic amines is 1. The third-order valence-corrected chi connectivity index (χ3v) is 6.67. The number of amides is 1. The average molecular weight is 483 g/mol. The van der Waals surface area contributed by atoms with Crippen LogP contribution in [-0.4, -0.2) is 29.4 Å². The highest BCUT2D eigenvalue weighted by molar-refractivity contribution is 7.92. The number of halogens is 1. The fourth-order valence-electron chi connectivity index (χ4n) is 3.42. The van der Waals surface area contributed by atoms with Crippen molar-refractivity contribution in [1.82, 2.24) is 20.4 Å². The molecule has 0 atom stereocenters. The van der Waals surface area contributed by atoms with Crippen LogP contribution in [0.4, 0.5) is 10.1 Å². The van der Waals surface area contributed by atoms with Crippen molar-refractivity contribution in [2.75, 3.05) is 4.72 Å². The van der Waals surface area contributed by atoms with E-state index in [2.05, 4.69) is 25.2 Å². The molecule has 1 aliphatic carbocycles. The topological polar surface area (TPSA) is 147 Å². The van der Waals surface area contributed by atoms with Gasteiger partial charge < -0.3 is 14.8 Å². The molecule has 174 valence electrons. The summed E-state index contributed by atoms with van der Waals surface area (Å²) in [5.74, 6) is 0.0279. The number of benzene rings is 2. The smallest absolute Gasteiger partial charge is 0.261 e. The molecule has 0 radical (unpaired) electrons. The highest BCUT2D eigenvalue weighted by atomic mass is 32.2. The Morgan fingerprint density at radius 2 is 1.91 bits per heavy atom. The van der Waals surface area contributed by atoms with Gasteiger partial charge in [0.15, 0.2) is 5.82 Å². The van der Waals surface area contributed by atoms with Crippen LogP contribution in [0.1, 0.15) is 40.8 Å². The molecule has 10 nitrogen and oxygen atoms in total. The van der Waals surface area contributed by atoms with Crippen LogP contribution in [0.2, 0.25) is 0 Å². The number of carbonyl (C=O) groups excluding carboxylic acids is 1. The first-order valence-corrected chi connectivity index (χ1v) is 11.8. The Balaban J connectivity index is 1.42. The molecule has 5 rings (SSSR count). The number of hydrogen-bond donors (Lipinski definition) is 3. The molecule has 0 spiro atoms. The van der Waals surface area contributed by atoms with Gasteiger partial charge in [-0.05, 0) is 55.3 Å². The Labute approximate surface area is 192 Å². The van der Waals surface area contributed by atoms with Crippen molar-refractivity contribution in [2.24, 2.45) is 0 Å². The summed E-state index contributed by atoms with van der Waals surface area (Å²) in [6, 6.07) is 9.89. The maximum atomic E-state index is 13.1. The Kier molecular flexibility index (Phi) is 5.36. The van der Waals surface area contributed by atoms with Crippen LogP contribution in [0.25, 0.3) is 10.9 Å². The first-order chi connectivity index (χ1) is 16.3. The number of nitrogens with zero attached hydrogens (tertiary/aromatic N) is 2. The van der Waals surface area contributed by atoms with Crippen LogP contribution in [0.15, 0.2) is 62.7 Å². The summed E-state index contributed by atoms with van der Waals surface area (Å²) in [6.07, 6.45) is 2.01. The molecule has 34 heavy (non-hydrogen) atoms. The molecule has 1 aliphatic rings. The van der Waals surface area contributed by atoms with E-state index in [1.165, 1.54) is 30.3 Å². The molecule has 2 aromatic carbocycles. The second-order valence-corrected chi connectivity index (χ2v) is 9.55. The lowest BCUT2D eigenvalue weighted by atomic mass is 10.1. The molecule has 12 heteroatoms. The number of rotatable bonds is 7. The number of fused-ring (bicyclic) bond motifs is 1. The third-order valence-electron chi connectivity index (χ3n) is 5.29. The van der Waals surface area contributed by atoms with E-state index in [-0.39, 0.29) is 39.5 Å². The van der Waals surface area contributed by atoms with Gasteiger partial charge in [0.25, 0.3) is 15.9 Å². The maximum absolute atomic E-state index is 13.1. The minimum Gasteiger partial charge on any atom is -0.343 e. The fourth-order valence-corrected chi connectivity index (χ4v) is 4.50. The maximum Gasteiger partial charge on any atom is 0.261 e. The minimum atomic E-state index is -4.05. The van der Waals surface area contributed by atoms with Gasteiger partial charge in [0.1, 0.15) is 5.82 Å². The van der Waals surface area contributed by atoms with Crippen LogP contribution in [0.3, 0.4) is 0 Å². The number of nitrogens with one attached hydrogen (secondary N) is 3. The number of sulfonamides is 1. The summed E-state index contributed by atoms with van der Waals surface area (Å²) in [4.78, 5) is 31.6. The zero-order valence-corrected chi connectivity index (χ0v) is 18.4. The molecule has 0 unspecified atom stereocenters. The van der Waals surface area contributed by atoms with Gasteiger partial charge in [-0.2, -0.15) is 4.98 Å². The summed E-state index contributed by atoms with van der Waals surface area (Å²) < 4.78 is 46.3. The standard InChI is InChI=1S/C22H18FN5O5S/c23-13-3-5-14(6-4-13)28-34(31,32)15-7-8-18-16(9-15)17(10-19(29)25-18)22(30)24-11-20-26-21(27-33-20)12-1-2-12/h3-10,12,28H,1-2,11H2,(H,24,30)(H,25,29). The van der Waals surface area contributed by atoms with E-state index in [0.29, 0.717) is 11.7 Å². The lowest BCUT2D eigenvalue weighted by Crippen LogP contribution is -2.25. The van der Waals surface area contributed by atoms with Crippen molar-refractivity contribution in [3.63, 3.8) is 0 Å². The van der Waals surface area contributed by atoms with E-state index < -0.39 is 27.3 Å². The summed E-state index contributed by atoms with van der Waals surface area (Å²) in [5.41, 5.74) is -0.0794. The first kappa shape index (κ1) is 21.8. The van der Waals surface area contributed by atoms with Gasteiger partial charge in [-0.1, -0.05) is 5.16 Å². The minimum absolute atomic E-state index is 0.0143. The van der Waals surface area contributed by atoms with Gasteiger partial charge in [-0.3, -0.25) is 14.3 Å². The lowest BCUT2D eigenvalue weighted by Gasteiger charge is -2.11. The van der Waals surface area contributed by atoms with Gasteiger partial charge >= 0.3 is 0 Å². The molecule has 0 aliphatic heterocycles. The van der Waals surface area contributed by atoms with E-state index >= 15 is 0 Å². The van der Waals surface area contributed by atoms with E-state index in [1.54, 1.807) is 0 Å². The molecule has 0 saturated heterocycles. The van der Waals surface area contributed by atoms with Crippen molar-refractivity contribution in [3.05, 3.63) is 82.0 Å². The number of carbonyl (C=O) groups is 1. The molecular formula is C22H18FN5O5S. The summed E-state index contributed by atoms with van der Waals surface area (Å²) in [5, 5.41) is 6.73. The molecular weight excluding hydrogens is 465 g/mol. The molecule has 0 bridgehead atoms. The molecule has 1 amide bonds. The second-order valence-electron chi connectivity index (χ2n) is 7.87. The Hall–Kier alpha value is -4.06. The van der Waals surface area contributed by atoms with Crippen LogP contribution in [0.5, 0.6) is 0 Å². The zero-order chi connectivity index (χ0) is 23.9. The molecule has 1 fully saturated rings. The molecule has 4 aromatic rings. The number of hydrogen-bond acceptors (Lipinski definition) is 7. The highest BCUT2D eigenvalue weighted by Gasteiger charge is 2.28. The predicted molar refractivity (Wildman–Crippen MR) is 119 cm³/mol. The normalized spacial score (nSPS) is 13.7. The summed E-state index contributed by atoms with van der Waals surface area (Å²) in [7, 11) is -4.05. The quantitative estimate of drug-likeness (QED) is 0.366. The van der Waals surface area contributed by atoms with Crippen molar-refractivity contribution in [2.45, 2.75) is 30.2 Å². The molecule has 2 heterocycles. The number of anilines is 1. The Bertz CT molecular complexity index is 1560. The SMILES string of the molecule is O=C(NCc1nc(C2CC2)no1)c1cc(=O)[nH]c2ccc(S(=O)(=O)Nc3ccc(F)cc3)cc12. The number of H-pyrrole nitrogens is 1. The first-order valence-electron chi connectivity index (χ1n) is 10.3. The van der Waals surface area contributed by atoms with E-state index in [4.69, 9.17) is 4.52 Å². The van der Waals surface area contributed by atoms with Crippen LogP contribution in [0, 0.1) is 5.82 Å². The van der Waals surface area contributed by atoms with Gasteiger partial charge in [0.05, 0.1) is 17.0 Å². The van der Waals surface area contributed by atoms with Crippen molar-refractivity contribution in [3.8, 4) is 0 Å². The van der Waals surface area contributed by atoms with Crippen molar-refractivity contribution >= 4 is 32.5 Å². The van der Waals surface area contributed by atoms with Gasteiger partial charge in [-0.15, -0.1) is 0 Å². The second kappa shape index (κ2) is 8.37. The fraction of sp³-hybridized carbons (Fsp3) is 0.182. The van der Waals surface area contributed by atoms with Crippen LogP contribution in [-0.2, 0) is 16.6 Å². The monoisotopic (exact) mass is 483 g/mol. The van der Waals surface area contributed by atoms with E-state index in [0.717, 1.165) is 31.0 Å². The van der Waals surface area contributed by atoms with E-state index in [1.807, 2.05) is 0 Å². The Morgan fingerprint density at radius 3 is 2.65 bits per heavy atom.